The van der Waals surface area contributed by atoms with Crippen molar-refractivity contribution in [3.05, 3.63) is 29.8 Å². The number of ketones is 1. The molecule has 0 amide bonds. The lowest BCUT2D eigenvalue weighted by Crippen LogP contribution is -2.41. The first-order valence-corrected chi connectivity index (χ1v) is 9.51. The summed E-state index contributed by atoms with van der Waals surface area (Å²) >= 11 is 0. The number of fused-ring (bicyclic) bond motifs is 2. The average Bonchev–Trinajstić information content (AvgIpc) is 3.01. The van der Waals surface area contributed by atoms with Gasteiger partial charge in [-0.3, -0.25) is 4.79 Å². The summed E-state index contributed by atoms with van der Waals surface area (Å²) in [7, 11) is -0.371. The van der Waals surface area contributed by atoms with E-state index in [-0.39, 0.29) is 24.2 Å². The lowest BCUT2D eigenvalue weighted by molar-refractivity contribution is 0.00578. The van der Waals surface area contributed by atoms with Crippen molar-refractivity contribution in [3.63, 3.8) is 0 Å². The molecule has 3 fully saturated rings. The van der Waals surface area contributed by atoms with Crippen molar-refractivity contribution in [2.24, 2.45) is 5.92 Å². The van der Waals surface area contributed by atoms with Crippen molar-refractivity contribution in [1.82, 2.24) is 5.32 Å². The van der Waals surface area contributed by atoms with E-state index in [0.717, 1.165) is 23.9 Å². The van der Waals surface area contributed by atoms with Gasteiger partial charge in [-0.15, -0.1) is 0 Å². The highest BCUT2D eigenvalue weighted by atomic mass is 16.7. The minimum atomic E-state index is -0.371. The van der Waals surface area contributed by atoms with Crippen LogP contribution in [0, 0.1) is 5.92 Å². The lowest BCUT2D eigenvalue weighted by Gasteiger charge is -2.32. The largest absolute Gasteiger partial charge is 0.494 e. The SMILES string of the molecule is CC1(C)OB(c2ccc(C(=O)C3CC4CCC(C3)N4)cc2)OC1(C)C. The molecular formula is C20H28BNO3. The third kappa shape index (κ3) is 3.07. The Balaban J connectivity index is 1.46. The fraction of sp³-hybridized carbons (Fsp3) is 0.650. The molecule has 134 valence electrons. The molecular weight excluding hydrogens is 313 g/mol. The summed E-state index contributed by atoms with van der Waals surface area (Å²) in [4.78, 5) is 12.9. The monoisotopic (exact) mass is 341 g/mol. The number of nitrogens with one attached hydrogen (secondary N) is 1. The van der Waals surface area contributed by atoms with Gasteiger partial charge < -0.3 is 14.6 Å². The first kappa shape index (κ1) is 17.3. The molecule has 0 aliphatic carbocycles. The molecule has 1 aromatic rings. The van der Waals surface area contributed by atoms with Crippen molar-refractivity contribution in [2.45, 2.75) is 76.7 Å². The molecule has 0 spiro atoms. The standard InChI is InChI=1S/C20H28BNO3/c1-19(2)20(3,4)25-21(24-19)15-7-5-13(6-8-15)18(23)14-11-16-9-10-17(12-14)22-16/h5-8,14,16-17,22H,9-12H2,1-4H3. The number of Topliss-reactive ketones (excluding diaryl/α,β-unsaturated/α-hetero) is 1. The van der Waals surface area contributed by atoms with Crippen LogP contribution >= 0.6 is 0 Å². The van der Waals surface area contributed by atoms with Crippen molar-refractivity contribution in [2.75, 3.05) is 0 Å². The fourth-order valence-electron chi connectivity index (χ4n) is 4.29. The lowest BCUT2D eigenvalue weighted by atomic mass is 9.78. The Morgan fingerprint density at radius 1 is 1.00 bits per heavy atom. The van der Waals surface area contributed by atoms with Crippen molar-refractivity contribution in [3.8, 4) is 0 Å². The summed E-state index contributed by atoms with van der Waals surface area (Å²) in [6.07, 6.45) is 4.40. The van der Waals surface area contributed by atoms with E-state index in [1.807, 2.05) is 24.3 Å². The van der Waals surface area contributed by atoms with Gasteiger partial charge in [0.05, 0.1) is 11.2 Å². The van der Waals surface area contributed by atoms with Gasteiger partial charge in [0.25, 0.3) is 0 Å². The van der Waals surface area contributed by atoms with Crippen LogP contribution in [0.1, 0.15) is 63.7 Å². The molecule has 0 saturated carbocycles. The van der Waals surface area contributed by atoms with Crippen LogP contribution < -0.4 is 10.8 Å². The van der Waals surface area contributed by atoms with Crippen LogP contribution in [0.15, 0.2) is 24.3 Å². The van der Waals surface area contributed by atoms with E-state index < -0.39 is 0 Å². The predicted octanol–water partition coefficient (Wildman–Crippen LogP) is 2.70. The zero-order chi connectivity index (χ0) is 17.8. The molecule has 2 atom stereocenters. The fourth-order valence-corrected chi connectivity index (χ4v) is 4.29. The number of rotatable bonds is 3. The van der Waals surface area contributed by atoms with Gasteiger partial charge in [0, 0.05) is 23.6 Å². The normalized spacial score (nSPS) is 32.8. The maximum Gasteiger partial charge on any atom is 0.494 e. The second-order valence-electron chi connectivity index (χ2n) is 8.88. The Bertz CT molecular complexity index is 642. The molecule has 25 heavy (non-hydrogen) atoms. The van der Waals surface area contributed by atoms with Gasteiger partial charge in [0.2, 0.25) is 0 Å². The van der Waals surface area contributed by atoms with E-state index in [0.29, 0.717) is 17.9 Å². The number of piperidine rings is 1. The van der Waals surface area contributed by atoms with E-state index in [2.05, 4.69) is 33.0 Å². The Kier molecular flexibility index (Phi) is 4.10. The van der Waals surface area contributed by atoms with Gasteiger partial charge in [-0.2, -0.15) is 0 Å². The minimum absolute atomic E-state index is 0.168. The van der Waals surface area contributed by atoms with Gasteiger partial charge in [-0.05, 0) is 58.8 Å². The maximum absolute atomic E-state index is 12.9. The Morgan fingerprint density at radius 2 is 1.52 bits per heavy atom. The van der Waals surface area contributed by atoms with Crippen LogP contribution in [-0.4, -0.2) is 36.2 Å². The van der Waals surface area contributed by atoms with Crippen LogP contribution in [0.2, 0.25) is 0 Å². The first-order valence-electron chi connectivity index (χ1n) is 9.51. The summed E-state index contributed by atoms with van der Waals surface area (Å²) in [5.41, 5.74) is 1.09. The van der Waals surface area contributed by atoms with Crippen molar-refractivity contribution in [1.29, 1.82) is 0 Å². The average molecular weight is 341 g/mol. The van der Waals surface area contributed by atoms with Gasteiger partial charge in [-0.1, -0.05) is 24.3 Å². The third-order valence-corrected chi connectivity index (χ3v) is 6.56. The van der Waals surface area contributed by atoms with E-state index in [4.69, 9.17) is 9.31 Å². The van der Waals surface area contributed by atoms with E-state index in [1.165, 1.54) is 12.8 Å². The highest BCUT2D eigenvalue weighted by molar-refractivity contribution is 6.62. The first-order chi connectivity index (χ1) is 11.7. The number of benzene rings is 1. The van der Waals surface area contributed by atoms with Crippen LogP contribution in [-0.2, 0) is 9.31 Å². The van der Waals surface area contributed by atoms with Crippen LogP contribution in [0.3, 0.4) is 0 Å². The molecule has 0 radical (unpaired) electrons. The minimum Gasteiger partial charge on any atom is -0.399 e. The van der Waals surface area contributed by atoms with Crippen molar-refractivity contribution >= 4 is 18.4 Å². The molecule has 3 aliphatic heterocycles. The summed E-state index contributed by atoms with van der Waals surface area (Å²) in [6.45, 7) is 8.21. The third-order valence-electron chi connectivity index (χ3n) is 6.56. The van der Waals surface area contributed by atoms with E-state index >= 15 is 0 Å². The number of carbonyl (C=O) groups is 1. The Labute approximate surface area is 150 Å². The Hall–Kier alpha value is -1.17. The molecule has 1 N–H and O–H groups in total. The smallest absolute Gasteiger partial charge is 0.399 e. The van der Waals surface area contributed by atoms with Crippen LogP contribution in [0.4, 0.5) is 0 Å². The number of hydrogen-bond acceptors (Lipinski definition) is 4. The second kappa shape index (κ2) is 5.93. The van der Waals surface area contributed by atoms with Gasteiger partial charge >= 0.3 is 7.12 Å². The maximum atomic E-state index is 12.9. The molecule has 2 bridgehead atoms. The van der Waals surface area contributed by atoms with E-state index in [1.54, 1.807) is 0 Å². The molecule has 4 rings (SSSR count). The Morgan fingerprint density at radius 3 is 2.04 bits per heavy atom. The highest BCUT2D eigenvalue weighted by Crippen LogP contribution is 2.36. The van der Waals surface area contributed by atoms with Crippen molar-refractivity contribution < 1.29 is 14.1 Å². The number of hydrogen-bond donors (Lipinski definition) is 1. The summed E-state index contributed by atoms with van der Waals surface area (Å²) in [5, 5.41) is 3.60. The van der Waals surface area contributed by atoms with Crippen LogP contribution in [0.25, 0.3) is 0 Å². The molecule has 4 nitrogen and oxygen atoms in total. The molecule has 1 aromatic carbocycles. The van der Waals surface area contributed by atoms with Gasteiger partial charge in [0.1, 0.15) is 0 Å². The zero-order valence-electron chi connectivity index (χ0n) is 15.7. The molecule has 0 aromatic heterocycles. The number of carbonyl (C=O) groups excluding carboxylic acids is 1. The quantitative estimate of drug-likeness (QED) is 0.678. The van der Waals surface area contributed by atoms with E-state index in [9.17, 15) is 4.79 Å². The highest BCUT2D eigenvalue weighted by Gasteiger charge is 2.51. The summed E-state index contributed by atoms with van der Waals surface area (Å²) in [5.74, 6) is 0.459. The van der Waals surface area contributed by atoms with Gasteiger partial charge in [0.15, 0.2) is 5.78 Å². The second-order valence-corrected chi connectivity index (χ2v) is 8.88. The zero-order valence-corrected chi connectivity index (χ0v) is 15.7. The molecule has 2 unspecified atom stereocenters. The summed E-state index contributed by atoms with van der Waals surface area (Å²) in [6, 6.07) is 8.91. The summed E-state index contributed by atoms with van der Waals surface area (Å²) < 4.78 is 12.2. The van der Waals surface area contributed by atoms with Crippen LogP contribution in [0.5, 0.6) is 0 Å². The molecule has 5 heteroatoms. The molecule has 3 saturated heterocycles. The molecule has 3 heterocycles. The predicted molar refractivity (Wildman–Crippen MR) is 99.2 cm³/mol. The van der Waals surface area contributed by atoms with Gasteiger partial charge in [-0.25, -0.2) is 0 Å². The molecule has 3 aliphatic rings. The topological polar surface area (TPSA) is 47.6 Å².